The van der Waals surface area contributed by atoms with Crippen molar-refractivity contribution in [2.45, 2.75) is 16.8 Å². The summed E-state index contributed by atoms with van der Waals surface area (Å²) >= 11 is 7.53. The summed E-state index contributed by atoms with van der Waals surface area (Å²) in [7, 11) is 3.53. The van der Waals surface area contributed by atoms with Crippen LogP contribution in [0.4, 0.5) is 0 Å². The van der Waals surface area contributed by atoms with Gasteiger partial charge in [0.2, 0.25) is 5.91 Å². The molecular formula is C25H23ClN4OS. The van der Waals surface area contributed by atoms with Crippen LogP contribution in [-0.4, -0.2) is 39.7 Å². The highest BCUT2D eigenvalue weighted by molar-refractivity contribution is 8.00. The number of rotatable bonds is 7. The zero-order valence-electron chi connectivity index (χ0n) is 17.9. The van der Waals surface area contributed by atoms with E-state index >= 15 is 0 Å². The summed E-state index contributed by atoms with van der Waals surface area (Å²) < 4.78 is 2.01. The molecule has 0 N–H and O–H groups in total. The van der Waals surface area contributed by atoms with Crippen LogP contribution in [0.25, 0.3) is 5.69 Å². The highest BCUT2D eigenvalue weighted by atomic mass is 35.5. The van der Waals surface area contributed by atoms with E-state index in [1.54, 1.807) is 19.0 Å². The van der Waals surface area contributed by atoms with Crippen LogP contribution in [0.5, 0.6) is 0 Å². The summed E-state index contributed by atoms with van der Waals surface area (Å²) in [5.41, 5.74) is 2.96. The highest BCUT2D eigenvalue weighted by Crippen LogP contribution is 2.37. The molecule has 4 rings (SSSR count). The normalized spacial score (nSPS) is 11.8. The van der Waals surface area contributed by atoms with Crippen molar-refractivity contribution in [1.82, 2.24) is 19.7 Å². The molecule has 0 fully saturated rings. The fourth-order valence-corrected chi connectivity index (χ4v) is 4.69. The van der Waals surface area contributed by atoms with E-state index in [1.807, 2.05) is 77.4 Å². The molecule has 3 aromatic carbocycles. The molecule has 0 spiro atoms. The van der Waals surface area contributed by atoms with E-state index in [2.05, 4.69) is 22.3 Å². The van der Waals surface area contributed by atoms with E-state index in [1.165, 1.54) is 11.8 Å². The van der Waals surface area contributed by atoms with Crippen LogP contribution in [0.1, 0.15) is 22.2 Å². The molecule has 0 aliphatic rings. The predicted octanol–water partition coefficient (Wildman–Crippen LogP) is 5.43. The minimum absolute atomic E-state index is 0.00327. The summed E-state index contributed by atoms with van der Waals surface area (Å²) in [5.74, 6) is 0.793. The van der Waals surface area contributed by atoms with E-state index in [4.69, 9.17) is 11.6 Å². The summed E-state index contributed by atoms with van der Waals surface area (Å²) in [6.07, 6.45) is 0.620. The Balaban J connectivity index is 1.77. The molecule has 32 heavy (non-hydrogen) atoms. The average Bonchev–Trinajstić information content (AvgIpc) is 3.20. The molecule has 1 atom stereocenters. The quantitative estimate of drug-likeness (QED) is 0.343. The molecule has 1 aromatic heterocycles. The Morgan fingerprint density at radius 2 is 1.56 bits per heavy atom. The maximum Gasteiger partial charge on any atom is 0.240 e. The maximum atomic E-state index is 13.1. The van der Waals surface area contributed by atoms with Gasteiger partial charge in [0.05, 0.1) is 0 Å². The van der Waals surface area contributed by atoms with Crippen molar-refractivity contribution in [3.63, 3.8) is 0 Å². The number of amides is 1. The standard InChI is InChI=1S/C25H23ClN4OS/c1-29(2)24(31)23(19-11-7-4-8-12-19)32-25-28-27-22(17-18-9-5-3-6-10-18)30(25)21-15-13-20(26)14-16-21/h3-16,23H,17H2,1-2H3/t23-/m1/s1. The summed E-state index contributed by atoms with van der Waals surface area (Å²) in [5, 5.41) is 9.86. The minimum Gasteiger partial charge on any atom is -0.348 e. The number of carbonyl (C=O) groups is 1. The lowest BCUT2D eigenvalue weighted by Gasteiger charge is -2.20. The van der Waals surface area contributed by atoms with Crippen LogP contribution in [0, 0.1) is 0 Å². The first-order valence-electron chi connectivity index (χ1n) is 10.2. The van der Waals surface area contributed by atoms with Crippen molar-refractivity contribution < 1.29 is 4.79 Å². The van der Waals surface area contributed by atoms with Gasteiger partial charge < -0.3 is 4.90 Å². The summed E-state index contributed by atoms with van der Waals surface area (Å²) in [6.45, 7) is 0. The Hall–Kier alpha value is -3.09. The second-order valence-corrected chi connectivity index (χ2v) is 9.02. The summed E-state index contributed by atoms with van der Waals surface area (Å²) in [4.78, 5) is 14.7. The van der Waals surface area contributed by atoms with Gasteiger partial charge in [0.1, 0.15) is 11.1 Å². The zero-order chi connectivity index (χ0) is 22.5. The van der Waals surface area contributed by atoms with Crippen LogP contribution in [0.3, 0.4) is 0 Å². The fourth-order valence-electron chi connectivity index (χ4n) is 3.35. The lowest BCUT2D eigenvalue weighted by atomic mass is 10.1. The third kappa shape index (κ3) is 5.03. The van der Waals surface area contributed by atoms with Gasteiger partial charge in [-0.1, -0.05) is 84.0 Å². The third-order valence-corrected chi connectivity index (χ3v) is 6.42. The van der Waals surface area contributed by atoms with Crippen LogP contribution < -0.4 is 0 Å². The van der Waals surface area contributed by atoms with E-state index < -0.39 is 5.25 Å². The van der Waals surface area contributed by atoms with Gasteiger partial charge in [0.25, 0.3) is 0 Å². The molecule has 0 aliphatic carbocycles. The van der Waals surface area contributed by atoms with Gasteiger partial charge in [-0.2, -0.15) is 0 Å². The third-order valence-electron chi connectivity index (χ3n) is 4.98. The van der Waals surface area contributed by atoms with E-state index in [9.17, 15) is 4.79 Å². The van der Waals surface area contributed by atoms with Crippen LogP contribution in [0.2, 0.25) is 5.02 Å². The molecule has 0 unspecified atom stereocenters. The summed E-state index contributed by atoms with van der Waals surface area (Å²) in [6, 6.07) is 27.5. The Morgan fingerprint density at radius 1 is 0.938 bits per heavy atom. The maximum absolute atomic E-state index is 13.1. The molecule has 1 amide bonds. The van der Waals surface area contributed by atoms with Crippen molar-refractivity contribution in [2.75, 3.05) is 14.1 Å². The second kappa shape index (κ2) is 10.0. The lowest BCUT2D eigenvalue weighted by Crippen LogP contribution is -2.27. The number of thioether (sulfide) groups is 1. The molecule has 0 saturated heterocycles. The fraction of sp³-hybridized carbons (Fsp3) is 0.160. The molecule has 0 bridgehead atoms. The number of hydrogen-bond acceptors (Lipinski definition) is 4. The number of benzene rings is 3. The Labute approximate surface area is 197 Å². The second-order valence-electron chi connectivity index (χ2n) is 7.51. The average molecular weight is 463 g/mol. The van der Waals surface area contributed by atoms with Crippen LogP contribution in [-0.2, 0) is 11.2 Å². The number of halogens is 1. The topological polar surface area (TPSA) is 51.0 Å². The van der Waals surface area contributed by atoms with Gasteiger partial charge >= 0.3 is 0 Å². The van der Waals surface area contributed by atoms with Gasteiger partial charge in [0.15, 0.2) is 5.16 Å². The van der Waals surface area contributed by atoms with Crippen molar-refractivity contribution in [2.24, 2.45) is 0 Å². The molecule has 0 saturated carbocycles. The Kier molecular flexibility index (Phi) is 6.93. The highest BCUT2D eigenvalue weighted by Gasteiger charge is 2.27. The first kappa shape index (κ1) is 22.1. The molecular weight excluding hydrogens is 440 g/mol. The monoisotopic (exact) mass is 462 g/mol. The van der Waals surface area contributed by atoms with Gasteiger partial charge in [-0.3, -0.25) is 9.36 Å². The Morgan fingerprint density at radius 3 is 2.19 bits per heavy atom. The molecule has 4 aromatic rings. The first-order valence-corrected chi connectivity index (χ1v) is 11.5. The first-order chi connectivity index (χ1) is 15.5. The molecule has 1 heterocycles. The van der Waals surface area contributed by atoms with E-state index in [-0.39, 0.29) is 5.91 Å². The number of likely N-dealkylation sites (N-methyl/N-ethyl adjacent to an activating group) is 1. The number of carbonyl (C=O) groups excluding carboxylic acids is 1. The molecule has 7 heteroatoms. The largest absolute Gasteiger partial charge is 0.348 e. The minimum atomic E-state index is -0.439. The molecule has 5 nitrogen and oxygen atoms in total. The van der Waals surface area contributed by atoms with Gasteiger partial charge in [-0.05, 0) is 35.4 Å². The van der Waals surface area contributed by atoms with Gasteiger partial charge in [-0.15, -0.1) is 10.2 Å². The van der Waals surface area contributed by atoms with E-state index in [0.717, 1.165) is 22.6 Å². The zero-order valence-corrected chi connectivity index (χ0v) is 19.4. The van der Waals surface area contributed by atoms with Crippen molar-refractivity contribution >= 4 is 29.3 Å². The van der Waals surface area contributed by atoms with Crippen molar-refractivity contribution in [3.8, 4) is 5.69 Å². The predicted molar refractivity (Wildman–Crippen MR) is 129 cm³/mol. The van der Waals surface area contributed by atoms with Gasteiger partial charge in [0, 0.05) is 31.2 Å². The number of nitrogens with zero attached hydrogens (tertiary/aromatic N) is 4. The van der Waals surface area contributed by atoms with Crippen molar-refractivity contribution in [1.29, 1.82) is 0 Å². The van der Waals surface area contributed by atoms with E-state index in [0.29, 0.717) is 16.6 Å². The Bertz CT molecular complexity index is 1180. The van der Waals surface area contributed by atoms with Crippen LogP contribution in [0.15, 0.2) is 90.1 Å². The van der Waals surface area contributed by atoms with Gasteiger partial charge in [-0.25, -0.2) is 0 Å². The molecule has 0 aliphatic heterocycles. The molecule has 0 radical (unpaired) electrons. The van der Waals surface area contributed by atoms with Crippen molar-refractivity contribution in [3.05, 3.63) is 107 Å². The lowest BCUT2D eigenvalue weighted by molar-refractivity contribution is -0.128. The SMILES string of the molecule is CN(C)C(=O)[C@H](Sc1nnc(Cc2ccccc2)n1-c1ccc(Cl)cc1)c1ccccc1. The number of aromatic nitrogens is 3. The number of hydrogen-bond donors (Lipinski definition) is 0. The molecule has 162 valence electrons. The smallest absolute Gasteiger partial charge is 0.240 e. The van der Waals surface area contributed by atoms with Crippen LogP contribution >= 0.6 is 23.4 Å².